The van der Waals surface area contributed by atoms with E-state index in [0.717, 1.165) is 54.3 Å². The first-order valence-corrected chi connectivity index (χ1v) is 15.3. The molecule has 0 aliphatic carbocycles. The zero-order valence-electron chi connectivity index (χ0n) is 19.8. The van der Waals surface area contributed by atoms with Crippen LogP contribution in [0.25, 0.3) is 0 Å². The first kappa shape index (κ1) is 26.6. The van der Waals surface area contributed by atoms with Gasteiger partial charge < -0.3 is 10.1 Å². The summed E-state index contributed by atoms with van der Waals surface area (Å²) < 4.78 is 33.3. The quantitative estimate of drug-likeness (QED) is 0.480. The molecular formula is C23H30ClN3O5S3. The van der Waals surface area contributed by atoms with Gasteiger partial charge in [0.05, 0.1) is 22.4 Å². The molecule has 8 nitrogen and oxygen atoms in total. The predicted octanol–water partition coefficient (Wildman–Crippen LogP) is 4.45. The number of amides is 1. The number of nitrogens with one attached hydrogen (secondary N) is 1. The molecule has 1 N–H and O–H groups in total. The highest BCUT2D eigenvalue weighted by atomic mass is 35.5. The number of carbonyl (C=O) groups excluding carboxylic acids is 2. The third-order valence-corrected chi connectivity index (χ3v) is 11.0. The summed E-state index contributed by atoms with van der Waals surface area (Å²) in [5.74, 6) is -1.21. The zero-order valence-corrected chi connectivity index (χ0v) is 23.0. The molecule has 2 aromatic rings. The highest BCUT2D eigenvalue weighted by Gasteiger charge is 2.36. The molecule has 0 aromatic carbocycles. The highest BCUT2D eigenvalue weighted by Crippen LogP contribution is 2.38. The molecule has 1 amide bonds. The van der Waals surface area contributed by atoms with E-state index in [4.69, 9.17) is 16.3 Å². The molecule has 12 heteroatoms. The number of hydrogen-bond acceptors (Lipinski definition) is 8. The number of nitrogens with zero attached hydrogens (tertiary/aromatic N) is 2. The number of ether oxygens (including phenoxy) is 1. The molecule has 4 heterocycles. The summed E-state index contributed by atoms with van der Waals surface area (Å²) in [7, 11) is -3.71. The second-order valence-electron chi connectivity index (χ2n) is 8.70. The lowest BCUT2D eigenvalue weighted by atomic mass is 9.98. The van der Waals surface area contributed by atoms with E-state index in [0.29, 0.717) is 34.3 Å². The Balaban J connectivity index is 1.53. The Bertz CT molecular complexity index is 1190. The molecule has 2 aliphatic rings. The largest absolute Gasteiger partial charge is 0.462 e. The number of halogens is 1. The number of piperidine rings is 1. The standard InChI is InChI=1S/C23H30ClN3O5S3/c1-3-10-26-12-9-16-17(14-26)33-22(20(16)23(29)32-4-2)25-21(28)15-6-5-11-27(13-15)35(30,31)19-8-7-18(24)34-19/h7-8,15H,3-6,9-14H2,1-2H3,(H,25,28). The fraction of sp³-hybridized carbons (Fsp3) is 0.565. The van der Waals surface area contributed by atoms with Crippen molar-refractivity contribution in [3.05, 3.63) is 32.5 Å². The molecule has 1 saturated heterocycles. The van der Waals surface area contributed by atoms with Crippen LogP contribution in [-0.4, -0.2) is 62.3 Å². The summed E-state index contributed by atoms with van der Waals surface area (Å²) in [6, 6.07) is 3.06. The van der Waals surface area contributed by atoms with Gasteiger partial charge in [-0.1, -0.05) is 18.5 Å². The van der Waals surface area contributed by atoms with E-state index in [1.807, 2.05) is 0 Å². The van der Waals surface area contributed by atoms with Crippen LogP contribution >= 0.6 is 34.3 Å². The van der Waals surface area contributed by atoms with Gasteiger partial charge in [-0.05, 0) is 56.8 Å². The van der Waals surface area contributed by atoms with Gasteiger partial charge in [0.2, 0.25) is 5.91 Å². The Morgan fingerprint density at radius 3 is 2.71 bits per heavy atom. The van der Waals surface area contributed by atoms with Crippen molar-refractivity contribution in [1.82, 2.24) is 9.21 Å². The predicted molar refractivity (Wildman–Crippen MR) is 139 cm³/mol. The molecule has 1 atom stereocenters. The summed E-state index contributed by atoms with van der Waals surface area (Å²) in [5, 5.41) is 3.46. The monoisotopic (exact) mass is 559 g/mol. The zero-order chi connectivity index (χ0) is 25.2. The Morgan fingerprint density at radius 1 is 1.23 bits per heavy atom. The highest BCUT2D eigenvalue weighted by molar-refractivity contribution is 7.91. The lowest BCUT2D eigenvalue weighted by Gasteiger charge is -2.30. The topological polar surface area (TPSA) is 96.0 Å². The molecule has 4 rings (SSSR count). The van der Waals surface area contributed by atoms with Crippen molar-refractivity contribution >= 4 is 61.2 Å². The molecule has 0 spiro atoms. The average molecular weight is 560 g/mol. The van der Waals surface area contributed by atoms with Gasteiger partial charge >= 0.3 is 5.97 Å². The van der Waals surface area contributed by atoms with Crippen LogP contribution in [0.1, 0.15) is 53.9 Å². The van der Waals surface area contributed by atoms with Gasteiger partial charge in [-0.25, -0.2) is 13.2 Å². The van der Waals surface area contributed by atoms with Crippen LogP contribution in [0.2, 0.25) is 4.34 Å². The normalized spacial score (nSPS) is 19.3. The van der Waals surface area contributed by atoms with Gasteiger partial charge in [-0.2, -0.15) is 4.31 Å². The summed E-state index contributed by atoms with van der Waals surface area (Å²) in [6.07, 6.45) is 2.93. The number of rotatable bonds is 8. The SMILES string of the molecule is CCCN1CCc2c(sc(NC(=O)C3CCCN(S(=O)(=O)c4ccc(Cl)s4)C3)c2C(=O)OCC)C1. The number of anilines is 1. The lowest BCUT2D eigenvalue weighted by molar-refractivity contribution is -0.120. The third-order valence-electron chi connectivity index (χ3n) is 6.29. The maximum absolute atomic E-state index is 13.3. The van der Waals surface area contributed by atoms with Crippen LogP contribution in [0, 0.1) is 5.92 Å². The number of thiophene rings is 2. The molecular weight excluding hydrogens is 530 g/mol. The molecule has 0 radical (unpaired) electrons. The van der Waals surface area contributed by atoms with Crippen LogP contribution in [0.3, 0.4) is 0 Å². The molecule has 1 unspecified atom stereocenters. The van der Waals surface area contributed by atoms with Crippen molar-refractivity contribution in [2.45, 2.75) is 50.3 Å². The third kappa shape index (κ3) is 5.75. The first-order chi connectivity index (χ1) is 16.7. The van der Waals surface area contributed by atoms with Crippen LogP contribution < -0.4 is 5.32 Å². The minimum Gasteiger partial charge on any atom is -0.462 e. The Labute approximate surface area is 219 Å². The maximum atomic E-state index is 13.3. The number of esters is 1. The van der Waals surface area contributed by atoms with Crippen LogP contribution in [0.5, 0.6) is 0 Å². The Morgan fingerprint density at radius 2 is 2.03 bits per heavy atom. The van der Waals surface area contributed by atoms with Crippen molar-refractivity contribution in [3.8, 4) is 0 Å². The van der Waals surface area contributed by atoms with Gasteiger partial charge in [0.25, 0.3) is 10.0 Å². The van der Waals surface area contributed by atoms with E-state index in [1.165, 1.54) is 21.7 Å². The Hall–Kier alpha value is -1.50. The maximum Gasteiger partial charge on any atom is 0.341 e. The number of hydrogen-bond donors (Lipinski definition) is 1. The fourth-order valence-corrected chi connectivity index (χ4v) is 9.06. The summed E-state index contributed by atoms with van der Waals surface area (Å²) in [4.78, 5) is 29.5. The van der Waals surface area contributed by atoms with E-state index in [9.17, 15) is 18.0 Å². The minimum absolute atomic E-state index is 0.0911. The van der Waals surface area contributed by atoms with Crippen molar-refractivity contribution in [3.63, 3.8) is 0 Å². The minimum atomic E-state index is -3.71. The van der Waals surface area contributed by atoms with E-state index >= 15 is 0 Å². The molecule has 1 fully saturated rings. The molecule has 35 heavy (non-hydrogen) atoms. The Kier molecular flexibility index (Phi) is 8.55. The van der Waals surface area contributed by atoms with E-state index in [1.54, 1.807) is 13.0 Å². The summed E-state index contributed by atoms with van der Waals surface area (Å²) in [6.45, 7) is 7.19. The van der Waals surface area contributed by atoms with Gasteiger partial charge in [0.1, 0.15) is 9.21 Å². The number of sulfonamides is 1. The fourth-order valence-electron chi connectivity index (χ4n) is 4.62. The lowest BCUT2D eigenvalue weighted by Crippen LogP contribution is -2.43. The molecule has 2 aliphatic heterocycles. The summed E-state index contributed by atoms with van der Waals surface area (Å²) >= 11 is 8.37. The molecule has 0 bridgehead atoms. The molecule has 2 aromatic heterocycles. The molecule has 0 saturated carbocycles. The van der Waals surface area contributed by atoms with Crippen LogP contribution in [0.4, 0.5) is 5.00 Å². The van der Waals surface area contributed by atoms with Crippen molar-refractivity contribution < 1.29 is 22.7 Å². The van der Waals surface area contributed by atoms with Crippen LogP contribution in [-0.2, 0) is 32.5 Å². The first-order valence-electron chi connectivity index (χ1n) is 11.8. The average Bonchev–Trinajstić information content (AvgIpc) is 3.43. The number of fused-ring (bicyclic) bond motifs is 1. The van der Waals surface area contributed by atoms with Gasteiger partial charge in [-0.3, -0.25) is 9.69 Å². The van der Waals surface area contributed by atoms with E-state index in [2.05, 4.69) is 17.1 Å². The van der Waals surface area contributed by atoms with E-state index in [-0.39, 0.29) is 23.3 Å². The van der Waals surface area contributed by atoms with Gasteiger partial charge in [0.15, 0.2) is 0 Å². The van der Waals surface area contributed by atoms with Crippen LogP contribution in [0.15, 0.2) is 16.3 Å². The van der Waals surface area contributed by atoms with Crippen molar-refractivity contribution in [2.75, 3.05) is 38.1 Å². The van der Waals surface area contributed by atoms with Gasteiger partial charge in [0, 0.05) is 31.1 Å². The van der Waals surface area contributed by atoms with Crippen molar-refractivity contribution in [2.24, 2.45) is 5.92 Å². The van der Waals surface area contributed by atoms with Gasteiger partial charge in [-0.15, -0.1) is 22.7 Å². The summed E-state index contributed by atoms with van der Waals surface area (Å²) in [5.41, 5.74) is 1.41. The second-order valence-corrected chi connectivity index (χ2v) is 13.7. The molecule has 192 valence electrons. The second kappa shape index (κ2) is 11.3. The smallest absolute Gasteiger partial charge is 0.341 e. The number of carbonyl (C=O) groups is 2. The van der Waals surface area contributed by atoms with Crippen molar-refractivity contribution in [1.29, 1.82) is 0 Å². The van der Waals surface area contributed by atoms with E-state index < -0.39 is 21.9 Å².